The normalized spacial score (nSPS) is 12.1. The zero-order valence-corrected chi connectivity index (χ0v) is 10.3. The SMILES string of the molecule is CCCC(CNC(=O)c1ccc(CN)o1)C(=O)O. The zero-order chi connectivity index (χ0) is 13.5. The molecule has 1 unspecified atom stereocenters. The average molecular weight is 254 g/mol. The van der Waals surface area contributed by atoms with Gasteiger partial charge in [-0.05, 0) is 18.6 Å². The minimum absolute atomic E-state index is 0.0979. The standard InChI is InChI=1S/C12H18N2O4/c1-2-3-8(12(16)17)7-14-11(15)10-5-4-9(6-13)18-10/h4-5,8H,2-3,6-7,13H2,1H3,(H,14,15)(H,16,17). The van der Waals surface area contributed by atoms with Crippen LogP contribution in [0.15, 0.2) is 16.5 Å². The molecule has 0 aromatic carbocycles. The smallest absolute Gasteiger partial charge is 0.308 e. The molecular formula is C12H18N2O4. The van der Waals surface area contributed by atoms with Crippen molar-refractivity contribution in [3.8, 4) is 0 Å². The van der Waals surface area contributed by atoms with E-state index < -0.39 is 17.8 Å². The molecule has 6 nitrogen and oxygen atoms in total. The van der Waals surface area contributed by atoms with E-state index in [1.165, 1.54) is 6.07 Å². The Morgan fingerprint density at radius 3 is 2.72 bits per heavy atom. The number of hydrogen-bond acceptors (Lipinski definition) is 4. The first-order valence-electron chi connectivity index (χ1n) is 5.88. The number of carboxylic acids is 1. The van der Waals surface area contributed by atoms with E-state index in [1.807, 2.05) is 6.92 Å². The Bertz CT molecular complexity index is 414. The number of furan rings is 1. The van der Waals surface area contributed by atoms with Crippen LogP contribution < -0.4 is 11.1 Å². The number of carbonyl (C=O) groups excluding carboxylic acids is 1. The summed E-state index contributed by atoms with van der Waals surface area (Å²) in [6.07, 6.45) is 1.28. The molecule has 1 rings (SSSR count). The molecule has 1 aromatic rings. The lowest BCUT2D eigenvalue weighted by atomic mass is 10.0. The fraction of sp³-hybridized carbons (Fsp3) is 0.500. The Morgan fingerprint density at radius 2 is 2.22 bits per heavy atom. The topological polar surface area (TPSA) is 106 Å². The summed E-state index contributed by atoms with van der Waals surface area (Å²) in [4.78, 5) is 22.6. The van der Waals surface area contributed by atoms with Crippen LogP contribution in [-0.2, 0) is 11.3 Å². The largest absolute Gasteiger partial charge is 0.481 e. The predicted octanol–water partition coefficient (Wildman–Crippen LogP) is 0.969. The van der Waals surface area contributed by atoms with Crippen molar-refractivity contribution in [3.63, 3.8) is 0 Å². The van der Waals surface area contributed by atoms with Crippen LogP contribution in [0.25, 0.3) is 0 Å². The quantitative estimate of drug-likeness (QED) is 0.672. The number of aliphatic carboxylic acids is 1. The number of carbonyl (C=O) groups is 2. The van der Waals surface area contributed by atoms with Crippen LogP contribution in [-0.4, -0.2) is 23.5 Å². The van der Waals surface area contributed by atoms with Crippen LogP contribution in [0.5, 0.6) is 0 Å². The second-order valence-corrected chi connectivity index (χ2v) is 4.00. The lowest BCUT2D eigenvalue weighted by molar-refractivity contribution is -0.141. The van der Waals surface area contributed by atoms with Crippen molar-refractivity contribution in [2.45, 2.75) is 26.3 Å². The first-order chi connectivity index (χ1) is 8.58. The summed E-state index contributed by atoms with van der Waals surface area (Å²) < 4.78 is 5.16. The van der Waals surface area contributed by atoms with Gasteiger partial charge in [-0.2, -0.15) is 0 Å². The van der Waals surface area contributed by atoms with Gasteiger partial charge in [-0.1, -0.05) is 13.3 Å². The molecule has 1 aromatic heterocycles. The molecule has 0 aliphatic carbocycles. The monoisotopic (exact) mass is 254 g/mol. The Morgan fingerprint density at radius 1 is 1.50 bits per heavy atom. The summed E-state index contributed by atoms with van der Waals surface area (Å²) in [5, 5.41) is 11.5. The highest BCUT2D eigenvalue weighted by molar-refractivity contribution is 5.91. The molecule has 100 valence electrons. The van der Waals surface area contributed by atoms with Crippen LogP contribution in [0.2, 0.25) is 0 Å². The molecule has 0 radical (unpaired) electrons. The van der Waals surface area contributed by atoms with Gasteiger partial charge in [0.15, 0.2) is 5.76 Å². The second-order valence-electron chi connectivity index (χ2n) is 4.00. The Kier molecular flexibility index (Phi) is 5.38. The summed E-state index contributed by atoms with van der Waals surface area (Å²) >= 11 is 0. The highest BCUT2D eigenvalue weighted by atomic mass is 16.4. The molecular weight excluding hydrogens is 236 g/mol. The number of nitrogens with one attached hydrogen (secondary N) is 1. The number of rotatable bonds is 7. The zero-order valence-electron chi connectivity index (χ0n) is 10.3. The molecule has 0 bridgehead atoms. The minimum atomic E-state index is -0.903. The summed E-state index contributed by atoms with van der Waals surface area (Å²) in [5.74, 6) is -1.22. The molecule has 0 spiro atoms. The molecule has 0 aliphatic heterocycles. The van der Waals surface area contributed by atoms with Gasteiger partial charge < -0.3 is 20.6 Å². The van der Waals surface area contributed by atoms with E-state index in [4.69, 9.17) is 15.3 Å². The first-order valence-corrected chi connectivity index (χ1v) is 5.88. The molecule has 1 atom stereocenters. The van der Waals surface area contributed by atoms with E-state index in [-0.39, 0.29) is 18.8 Å². The molecule has 0 aliphatic rings. The Labute approximate surface area is 105 Å². The van der Waals surface area contributed by atoms with Crippen molar-refractivity contribution in [2.75, 3.05) is 6.54 Å². The summed E-state index contributed by atoms with van der Waals surface area (Å²) in [5.41, 5.74) is 5.36. The highest BCUT2D eigenvalue weighted by Crippen LogP contribution is 2.08. The fourth-order valence-corrected chi connectivity index (χ4v) is 1.57. The summed E-state index contributed by atoms with van der Waals surface area (Å²) in [7, 11) is 0. The van der Waals surface area contributed by atoms with Gasteiger partial charge in [-0.3, -0.25) is 9.59 Å². The van der Waals surface area contributed by atoms with Crippen LogP contribution in [0.4, 0.5) is 0 Å². The van der Waals surface area contributed by atoms with E-state index in [0.29, 0.717) is 12.2 Å². The molecule has 18 heavy (non-hydrogen) atoms. The van der Waals surface area contributed by atoms with Crippen molar-refractivity contribution >= 4 is 11.9 Å². The van der Waals surface area contributed by atoms with Crippen molar-refractivity contribution in [3.05, 3.63) is 23.7 Å². The van der Waals surface area contributed by atoms with Gasteiger partial charge in [-0.25, -0.2) is 0 Å². The van der Waals surface area contributed by atoms with Gasteiger partial charge in [0.05, 0.1) is 12.5 Å². The van der Waals surface area contributed by atoms with Crippen LogP contribution in [0.3, 0.4) is 0 Å². The van der Waals surface area contributed by atoms with E-state index in [9.17, 15) is 9.59 Å². The van der Waals surface area contributed by atoms with Gasteiger partial charge in [0.25, 0.3) is 5.91 Å². The molecule has 4 N–H and O–H groups in total. The second kappa shape index (κ2) is 6.80. The van der Waals surface area contributed by atoms with Crippen molar-refractivity contribution in [1.82, 2.24) is 5.32 Å². The fourth-order valence-electron chi connectivity index (χ4n) is 1.57. The molecule has 0 saturated heterocycles. The maximum atomic E-state index is 11.7. The van der Waals surface area contributed by atoms with E-state index in [2.05, 4.69) is 5.32 Å². The maximum Gasteiger partial charge on any atom is 0.308 e. The lowest BCUT2D eigenvalue weighted by Crippen LogP contribution is -2.32. The number of hydrogen-bond donors (Lipinski definition) is 3. The first kappa shape index (κ1) is 14.2. The van der Waals surface area contributed by atoms with Gasteiger partial charge in [0.2, 0.25) is 0 Å². The lowest BCUT2D eigenvalue weighted by Gasteiger charge is -2.11. The van der Waals surface area contributed by atoms with Gasteiger partial charge in [-0.15, -0.1) is 0 Å². The van der Waals surface area contributed by atoms with Crippen LogP contribution in [0, 0.1) is 5.92 Å². The molecule has 1 amide bonds. The third-order valence-electron chi connectivity index (χ3n) is 2.58. The molecule has 6 heteroatoms. The maximum absolute atomic E-state index is 11.7. The Balaban J connectivity index is 2.51. The number of amides is 1. The summed E-state index contributed by atoms with van der Waals surface area (Å²) in [6.45, 7) is 2.22. The number of carboxylic acid groups (broad SMARTS) is 1. The molecule has 0 saturated carbocycles. The molecule has 0 fully saturated rings. The minimum Gasteiger partial charge on any atom is -0.481 e. The van der Waals surface area contributed by atoms with Gasteiger partial charge >= 0.3 is 5.97 Å². The number of nitrogens with two attached hydrogens (primary N) is 1. The third-order valence-corrected chi connectivity index (χ3v) is 2.58. The van der Waals surface area contributed by atoms with Crippen molar-refractivity contribution in [2.24, 2.45) is 11.7 Å². The van der Waals surface area contributed by atoms with Crippen LogP contribution in [0.1, 0.15) is 36.1 Å². The summed E-state index contributed by atoms with van der Waals surface area (Å²) in [6, 6.07) is 3.14. The predicted molar refractivity (Wildman–Crippen MR) is 65.0 cm³/mol. The van der Waals surface area contributed by atoms with Crippen molar-refractivity contribution < 1.29 is 19.1 Å². The highest BCUT2D eigenvalue weighted by Gasteiger charge is 2.18. The van der Waals surface area contributed by atoms with Gasteiger partial charge in [0.1, 0.15) is 5.76 Å². The molecule has 1 heterocycles. The average Bonchev–Trinajstić information content (AvgIpc) is 2.82. The third kappa shape index (κ3) is 3.89. The van der Waals surface area contributed by atoms with Crippen LogP contribution >= 0.6 is 0 Å². The van der Waals surface area contributed by atoms with E-state index in [0.717, 1.165) is 6.42 Å². The Hall–Kier alpha value is -1.82. The van der Waals surface area contributed by atoms with Crippen molar-refractivity contribution in [1.29, 1.82) is 0 Å². The van der Waals surface area contributed by atoms with E-state index in [1.54, 1.807) is 6.07 Å². The van der Waals surface area contributed by atoms with E-state index >= 15 is 0 Å². The van der Waals surface area contributed by atoms with Gasteiger partial charge in [0, 0.05) is 6.54 Å².